The Kier molecular flexibility index (Phi) is 4.53. The lowest BCUT2D eigenvalue weighted by Crippen LogP contribution is -2.19. The van der Waals surface area contributed by atoms with Crippen LogP contribution in [0.25, 0.3) is 0 Å². The van der Waals surface area contributed by atoms with Crippen molar-refractivity contribution < 1.29 is 23.1 Å². The lowest BCUT2D eigenvalue weighted by molar-refractivity contribution is -0.116. The molecule has 1 aromatic rings. The number of aromatic carboxylic acids is 1. The van der Waals surface area contributed by atoms with E-state index in [9.17, 15) is 18.0 Å². The second kappa shape index (κ2) is 6.03. The zero-order valence-corrected chi connectivity index (χ0v) is 12.6. The molecule has 0 aliphatic carbocycles. The Morgan fingerprint density at radius 1 is 1.38 bits per heavy atom. The molecule has 8 heteroatoms. The maximum Gasteiger partial charge on any atom is 0.337 e. The Morgan fingerprint density at radius 3 is 2.67 bits per heavy atom. The molecule has 1 heterocycles. The fourth-order valence-corrected chi connectivity index (χ4v) is 4.34. The van der Waals surface area contributed by atoms with Gasteiger partial charge in [0.05, 0.1) is 22.8 Å². The number of hydrogen-bond acceptors (Lipinski definition) is 4. The third kappa shape index (κ3) is 4.18. The summed E-state index contributed by atoms with van der Waals surface area (Å²) >= 11 is 5.79. The molecular weight excluding hydrogens is 318 g/mol. The Labute approximate surface area is 127 Å². The lowest BCUT2D eigenvalue weighted by Gasteiger charge is -2.11. The van der Waals surface area contributed by atoms with Crippen LogP contribution < -0.4 is 5.32 Å². The van der Waals surface area contributed by atoms with Gasteiger partial charge in [-0.05, 0) is 30.5 Å². The number of carbonyl (C=O) groups excluding carboxylic acids is 1. The van der Waals surface area contributed by atoms with E-state index in [0.717, 1.165) is 0 Å². The predicted molar refractivity (Wildman–Crippen MR) is 78.4 cm³/mol. The molecule has 0 saturated carbocycles. The van der Waals surface area contributed by atoms with E-state index >= 15 is 0 Å². The van der Waals surface area contributed by atoms with Crippen LogP contribution in [0.4, 0.5) is 5.69 Å². The molecule has 1 aliphatic heterocycles. The van der Waals surface area contributed by atoms with Gasteiger partial charge >= 0.3 is 5.97 Å². The van der Waals surface area contributed by atoms with Gasteiger partial charge in [-0.15, -0.1) is 0 Å². The maximum absolute atomic E-state index is 11.9. The number of amides is 1. The van der Waals surface area contributed by atoms with Crippen molar-refractivity contribution in [2.45, 2.75) is 12.8 Å². The number of benzene rings is 1. The summed E-state index contributed by atoms with van der Waals surface area (Å²) in [4.78, 5) is 23.0. The minimum atomic E-state index is -3.04. The number of rotatable bonds is 4. The van der Waals surface area contributed by atoms with Gasteiger partial charge in [-0.3, -0.25) is 4.79 Å². The van der Waals surface area contributed by atoms with Crippen LogP contribution in [0.1, 0.15) is 23.2 Å². The van der Waals surface area contributed by atoms with Gasteiger partial charge < -0.3 is 10.4 Å². The summed E-state index contributed by atoms with van der Waals surface area (Å²) in [6.07, 6.45) is 0.502. The zero-order chi connectivity index (χ0) is 15.6. The maximum atomic E-state index is 11.9. The van der Waals surface area contributed by atoms with Gasteiger partial charge in [0.25, 0.3) is 0 Å². The number of carboxylic acids is 1. The first-order valence-corrected chi connectivity index (χ1v) is 8.50. The summed E-state index contributed by atoms with van der Waals surface area (Å²) in [5.41, 5.74) is 0.0487. The Balaban J connectivity index is 2.06. The van der Waals surface area contributed by atoms with Crippen LogP contribution in [0.5, 0.6) is 0 Å². The van der Waals surface area contributed by atoms with E-state index in [1.807, 2.05) is 0 Å². The minimum Gasteiger partial charge on any atom is -0.478 e. The van der Waals surface area contributed by atoms with Gasteiger partial charge in [0, 0.05) is 11.4 Å². The highest BCUT2D eigenvalue weighted by Crippen LogP contribution is 2.24. The highest BCUT2D eigenvalue weighted by molar-refractivity contribution is 7.91. The smallest absolute Gasteiger partial charge is 0.337 e. The van der Waals surface area contributed by atoms with Crippen LogP contribution in [-0.4, -0.2) is 36.9 Å². The topological polar surface area (TPSA) is 101 Å². The molecule has 1 atom stereocenters. The van der Waals surface area contributed by atoms with Crippen LogP contribution in [0.15, 0.2) is 18.2 Å². The van der Waals surface area contributed by atoms with Crippen LogP contribution >= 0.6 is 11.6 Å². The normalized spacial score (nSPS) is 20.1. The summed E-state index contributed by atoms with van der Waals surface area (Å²) < 4.78 is 22.7. The molecule has 6 nitrogen and oxygen atoms in total. The van der Waals surface area contributed by atoms with Gasteiger partial charge in [0.1, 0.15) is 0 Å². The Hall–Kier alpha value is -1.60. The molecule has 21 heavy (non-hydrogen) atoms. The first-order chi connectivity index (χ1) is 9.77. The van der Waals surface area contributed by atoms with Gasteiger partial charge in [0.2, 0.25) is 5.91 Å². The molecule has 1 unspecified atom stereocenters. The zero-order valence-electron chi connectivity index (χ0n) is 11.0. The molecule has 2 N–H and O–H groups in total. The average molecular weight is 332 g/mol. The van der Waals surface area contributed by atoms with Crippen LogP contribution in [0.3, 0.4) is 0 Å². The van der Waals surface area contributed by atoms with E-state index in [2.05, 4.69) is 5.32 Å². The summed E-state index contributed by atoms with van der Waals surface area (Å²) in [7, 11) is -3.04. The van der Waals surface area contributed by atoms with Crippen molar-refractivity contribution in [2.75, 3.05) is 16.8 Å². The van der Waals surface area contributed by atoms with Crippen molar-refractivity contribution in [1.82, 2.24) is 0 Å². The summed E-state index contributed by atoms with van der Waals surface area (Å²) in [6.45, 7) is 0. The monoisotopic (exact) mass is 331 g/mol. The molecule has 0 radical (unpaired) electrons. The predicted octanol–water partition coefficient (Wildman–Crippen LogP) is 1.80. The molecule has 2 rings (SSSR count). The fraction of sp³-hybridized carbons (Fsp3) is 0.385. The summed E-state index contributed by atoms with van der Waals surface area (Å²) in [5, 5.41) is 11.8. The molecule has 1 amide bonds. The first kappa shape index (κ1) is 15.8. The fourth-order valence-electron chi connectivity index (χ4n) is 2.30. The van der Waals surface area contributed by atoms with Crippen molar-refractivity contribution in [3.05, 3.63) is 28.8 Å². The largest absolute Gasteiger partial charge is 0.478 e. The van der Waals surface area contributed by atoms with Gasteiger partial charge in [-0.25, -0.2) is 13.2 Å². The lowest BCUT2D eigenvalue weighted by atomic mass is 10.0. The molecule has 0 spiro atoms. The van der Waals surface area contributed by atoms with E-state index in [0.29, 0.717) is 11.4 Å². The van der Waals surface area contributed by atoms with Gasteiger partial charge in [-0.2, -0.15) is 0 Å². The Bertz CT molecular complexity index is 686. The molecule has 0 aromatic heterocycles. The second-order valence-electron chi connectivity index (χ2n) is 5.02. The molecular formula is C13H14ClNO5S. The van der Waals surface area contributed by atoms with Crippen LogP contribution in [0.2, 0.25) is 5.02 Å². The van der Waals surface area contributed by atoms with Gasteiger partial charge in [0.15, 0.2) is 9.84 Å². The first-order valence-electron chi connectivity index (χ1n) is 6.30. The van der Waals surface area contributed by atoms with Gasteiger partial charge in [-0.1, -0.05) is 11.6 Å². The number of sulfone groups is 1. The minimum absolute atomic E-state index is 0.00174. The quantitative estimate of drug-likeness (QED) is 0.876. The van der Waals surface area contributed by atoms with Crippen LogP contribution in [0, 0.1) is 5.92 Å². The standard InChI is InChI=1S/C13H14ClNO5S/c14-9-1-2-10(13(17)18)11(6-9)15-12(16)5-8-3-4-21(19,20)7-8/h1-2,6,8H,3-5,7H2,(H,15,16)(H,17,18). The number of halogens is 1. The van der Waals surface area contributed by atoms with E-state index < -0.39 is 21.7 Å². The summed E-state index contributed by atoms with van der Waals surface area (Å²) in [5.74, 6) is -1.71. The number of anilines is 1. The van der Waals surface area contributed by atoms with Crippen molar-refractivity contribution in [2.24, 2.45) is 5.92 Å². The third-order valence-corrected chi connectivity index (χ3v) is 5.36. The molecule has 0 bridgehead atoms. The number of nitrogens with one attached hydrogen (secondary N) is 1. The van der Waals surface area contributed by atoms with E-state index in [1.54, 1.807) is 0 Å². The number of hydrogen-bond donors (Lipinski definition) is 2. The molecule has 1 aliphatic rings. The van der Waals surface area contributed by atoms with Crippen molar-refractivity contribution in [3.63, 3.8) is 0 Å². The summed E-state index contributed by atoms with van der Waals surface area (Å²) in [6, 6.07) is 4.08. The van der Waals surface area contributed by atoms with E-state index in [4.69, 9.17) is 16.7 Å². The molecule has 1 saturated heterocycles. The molecule has 1 aromatic carbocycles. The number of carboxylic acid groups (broad SMARTS) is 1. The molecule has 1 fully saturated rings. The van der Waals surface area contributed by atoms with E-state index in [-0.39, 0.29) is 35.1 Å². The average Bonchev–Trinajstić information content (AvgIpc) is 2.67. The van der Waals surface area contributed by atoms with Crippen molar-refractivity contribution in [3.8, 4) is 0 Å². The highest BCUT2D eigenvalue weighted by Gasteiger charge is 2.29. The highest BCUT2D eigenvalue weighted by atomic mass is 35.5. The van der Waals surface area contributed by atoms with Crippen LogP contribution in [-0.2, 0) is 14.6 Å². The SMILES string of the molecule is O=C(CC1CCS(=O)(=O)C1)Nc1cc(Cl)ccc1C(=O)O. The van der Waals surface area contributed by atoms with Crippen molar-refractivity contribution >= 4 is 39.0 Å². The van der Waals surface area contributed by atoms with E-state index in [1.165, 1.54) is 18.2 Å². The Morgan fingerprint density at radius 2 is 2.10 bits per heavy atom. The van der Waals surface area contributed by atoms with Crippen molar-refractivity contribution in [1.29, 1.82) is 0 Å². The second-order valence-corrected chi connectivity index (χ2v) is 7.68. The third-order valence-electron chi connectivity index (χ3n) is 3.29. The molecule has 114 valence electrons. The number of carbonyl (C=O) groups is 2.